The Morgan fingerprint density at radius 2 is 1.87 bits per heavy atom. The van der Waals surface area contributed by atoms with E-state index in [2.05, 4.69) is 24.3 Å². The molecule has 0 bridgehead atoms. The van der Waals surface area contributed by atoms with Crippen LogP contribution in [0.5, 0.6) is 0 Å². The highest BCUT2D eigenvalue weighted by atomic mass is 14.7. The second-order valence-corrected chi connectivity index (χ2v) is 5.17. The molecule has 1 heteroatoms. The van der Waals surface area contributed by atoms with Gasteiger partial charge in [0.25, 0.3) is 0 Å². The maximum absolute atomic E-state index is 6.39. The zero-order valence-electron chi connectivity index (χ0n) is 9.21. The molecule has 15 heavy (non-hydrogen) atoms. The molecule has 1 saturated carbocycles. The van der Waals surface area contributed by atoms with Gasteiger partial charge in [0.1, 0.15) is 0 Å². The standard InChI is InChI=1S/C14H19N/c15-13-8-7-11-5-1-2-6-12(11)14(13)9-3-4-10-14/h1-2,5-6,13H,3-4,7-10,15H2. The highest BCUT2D eigenvalue weighted by molar-refractivity contribution is 5.39. The lowest BCUT2D eigenvalue weighted by atomic mass is 9.66. The number of fused-ring (bicyclic) bond motifs is 2. The molecule has 0 aromatic heterocycles. The molecule has 1 aromatic rings. The fourth-order valence-electron chi connectivity index (χ4n) is 3.66. The SMILES string of the molecule is NC1CCc2ccccc2C12CCCC2. The van der Waals surface area contributed by atoms with Crippen LogP contribution in [0.2, 0.25) is 0 Å². The first-order valence-electron chi connectivity index (χ1n) is 6.17. The summed E-state index contributed by atoms with van der Waals surface area (Å²) in [5.74, 6) is 0. The topological polar surface area (TPSA) is 26.0 Å². The quantitative estimate of drug-likeness (QED) is 0.686. The van der Waals surface area contributed by atoms with E-state index >= 15 is 0 Å². The van der Waals surface area contributed by atoms with Gasteiger partial charge >= 0.3 is 0 Å². The lowest BCUT2D eigenvalue weighted by molar-refractivity contribution is 0.313. The molecule has 1 aromatic carbocycles. The van der Waals surface area contributed by atoms with Crippen LogP contribution in [0.1, 0.15) is 43.2 Å². The molecule has 2 aliphatic rings. The first-order valence-corrected chi connectivity index (χ1v) is 6.17. The van der Waals surface area contributed by atoms with E-state index in [0.29, 0.717) is 11.5 Å². The molecule has 1 fully saturated rings. The van der Waals surface area contributed by atoms with Crippen molar-refractivity contribution in [3.8, 4) is 0 Å². The van der Waals surface area contributed by atoms with Gasteiger partial charge in [0.2, 0.25) is 0 Å². The highest BCUT2D eigenvalue weighted by Crippen LogP contribution is 2.47. The Hall–Kier alpha value is -0.820. The monoisotopic (exact) mass is 201 g/mol. The largest absolute Gasteiger partial charge is 0.327 e. The third-order valence-corrected chi connectivity index (χ3v) is 4.48. The number of hydrogen-bond donors (Lipinski definition) is 1. The minimum absolute atomic E-state index is 0.342. The van der Waals surface area contributed by atoms with Crippen LogP contribution in [0.4, 0.5) is 0 Å². The Bertz CT molecular complexity index is 363. The Kier molecular flexibility index (Phi) is 2.10. The molecule has 1 spiro atoms. The molecular weight excluding hydrogens is 182 g/mol. The summed E-state index contributed by atoms with van der Waals surface area (Å²) in [5.41, 5.74) is 9.86. The minimum Gasteiger partial charge on any atom is -0.327 e. The summed E-state index contributed by atoms with van der Waals surface area (Å²) >= 11 is 0. The molecule has 0 amide bonds. The molecule has 0 aliphatic heterocycles. The van der Waals surface area contributed by atoms with Crippen molar-refractivity contribution in [2.75, 3.05) is 0 Å². The smallest absolute Gasteiger partial charge is 0.0140 e. The van der Waals surface area contributed by atoms with Crippen molar-refractivity contribution < 1.29 is 0 Å². The van der Waals surface area contributed by atoms with Crippen LogP contribution in [0.25, 0.3) is 0 Å². The predicted octanol–water partition coefficient (Wildman–Crippen LogP) is 2.77. The van der Waals surface area contributed by atoms with Crippen molar-refractivity contribution in [2.45, 2.75) is 50.0 Å². The molecule has 3 rings (SSSR count). The molecule has 2 N–H and O–H groups in total. The Labute approximate surface area is 91.7 Å². The molecular formula is C14H19N. The molecule has 1 nitrogen and oxygen atoms in total. The summed E-state index contributed by atoms with van der Waals surface area (Å²) in [4.78, 5) is 0. The van der Waals surface area contributed by atoms with Crippen molar-refractivity contribution in [1.82, 2.24) is 0 Å². The van der Waals surface area contributed by atoms with Gasteiger partial charge < -0.3 is 5.73 Å². The number of hydrogen-bond acceptors (Lipinski definition) is 1. The van der Waals surface area contributed by atoms with Gasteiger partial charge in [-0.15, -0.1) is 0 Å². The van der Waals surface area contributed by atoms with Crippen LogP contribution < -0.4 is 5.73 Å². The van der Waals surface area contributed by atoms with Gasteiger partial charge in [-0.3, -0.25) is 0 Å². The van der Waals surface area contributed by atoms with Gasteiger partial charge in [0.15, 0.2) is 0 Å². The van der Waals surface area contributed by atoms with E-state index in [4.69, 9.17) is 5.73 Å². The molecule has 0 saturated heterocycles. The van der Waals surface area contributed by atoms with Crippen LogP contribution in [0.3, 0.4) is 0 Å². The molecule has 80 valence electrons. The molecule has 0 radical (unpaired) electrons. The van der Waals surface area contributed by atoms with Gasteiger partial charge in [-0.05, 0) is 36.8 Å². The van der Waals surface area contributed by atoms with Crippen LogP contribution in [-0.4, -0.2) is 6.04 Å². The summed E-state index contributed by atoms with van der Waals surface area (Å²) in [6, 6.07) is 9.35. The average molecular weight is 201 g/mol. The van der Waals surface area contributed by atoms with Crippen molar-refractivity contribution >= 4 is 0 Å². The fraction of sp³-hybridized carbons (Fsp3) is 0.571. The first-order chi connectivity index (χ1) is 7.33. The zero-order chi connectivity index (χ0) is 10.3. The van der Waals surface area contributed by atoms with Crippen LogP contribution in [-0.2, 0) is 11.8 Å². The summed E-state index contributed by atoms with van der Waals surface area (Å²) < 4.78 is 0. The van der Waals surface area contributed by atoms with E-state index in [9.17, 15) is 0 Å². The van der Waals surface area contributed by atoms with Crippen molar-refractivity contribution in [3.63, 3.8) is 0 Å². The van der Waals surface area contributed by atoms with Gasteiger partial charge in [-0.2, -0.15) is 0 Å². The van der Waals surface area contributed by atoms with Gasteiger partial charge in [-0.25, -0.2) is 0 Å². The predicted molar refractivity (Wildman–Crippen MR) is 62.9 cm³/mol. The van der Waals surface area contributed by atoms with Gasteiger partial charge in [0, 0.05) is 11.5 Å². The third-order valence-electron chi connectivity index (χ3n) is 4.48. The van der Waals surface area contributed by atoms with E-state index in [1.54, 1.807) is 11.1 Å². The Morgan fingerprint density at radius 3 is 2.67 bits per heavy atom. The maximum atomic E-state index is 6.39. The summed E-state index contributed by atoms with van der Waals surface area (Å²) in [6.45, 7) is 0. The van der Waals surface area contributed by atoms with Crippen LogP contribution in [0, 0.1) is 0 Å². The minimum atomic E-state index is 0.342. The van der Waals surface area contributed by atoms with E-state index in [0.717, 1.165) is 0 Å². The number of aryl methyl sites for hydroxylation is 1. The lowest BCUT2D eigenvalue weighted by Gasteiger charge is -2.41. The van der Waals surface area contributed by atoms with E-state index in [1.807, 2.05) is 0 Å². The average Bonchev–Trinajstić information content (AvgIpc) is 2.75. The third kappa shape index (κ3) is 1.26. The summed E-state index contributed by atoms with van der Waals surface area (Å²) in [6.07, 6.45) is 7.70. The van der Waals surface area contributed by atoms with Crippen molar-refractivity contribution in [2.24, 2.45) is 5.73 Å². The van der Waals surface area contributed by atoms with Crippen molar-refractivity contribution in [1.29, 1.82) is 0 Å². The normalized spacial score (nSPS) is 27.9. The Morgan fingerprint density at radius 1 is 1.13 bits per heavy atom. The summed E-state index contributed by atoms with van der Waals surface area (Å²) in [7, 11) is 0. The number of nitrogens with two attached hydrogens (primary N) is 1. The first kappa shape index (κ1) is 9.41. The molecule has 0 heterocycles. The van der Waals surface area contributed by atoms with Crippen LogP contribution in [0.15, 0.2) is 24.3 Å². The Balaban J connectivity index is 2.13. The second-order valence-electron chi connectivity index (χ2n) is 5.17. The molecule has 1 unspecified atom stereocenters. The zero-order valence-corrected chi connectivity index (χ0v) is 9.21. The lowest BCUT2D eigenvalue weighted by Crippen LogP contribution is -2.47. The molecule has 2 aliphatic carbocycles. The number of rotatable bonds is 0. The van der Waals surface area contributed by atoms with E-state index in [1.165, 1.54) is 38.5 Å². The summed E-state index contributed by atoms with van der Waals surface area (Å²) in [5, 5.41) is 0. The van der Waals surface area contributed by atoms with Crippen LogP contribution >= 0.6 is 0 Å². The van der Waals surface area contributed by atoms with Gasteiger partial charge in [0.05, 0.1) is 0 Å². The molecule has 1 atom stereocenters. The number of benzene rings is 1. The maximum Gasteiger partial charge on any atom is 0.0140 e. The van der Waals surface area contributed by atoms with Gasteiger partial charge in [-0.1, -0.05) is 37.1 Å². The highest BCUT2D eigenvalue weighted by Gasteiger charge is 2.43. The van der Waals surface area contributed by atoms with Crippen molar-refractivity contribution in [3.05, 3.63) is 35.4 Å². The fourth-order valence-corrected chi connectivity index (χ4v) is 3.66. The van der Waals surface area contributed by atoms with E-state index < -0.39 is 0 Å². The van der Waals surface area contributed by atoms with E-state index in [-0.39, 0.29) is 0 Å². The second kappa shape index (κ2) is 3.34.